The number of nitrogens with zero attached hydrogens (tertiary/aromatic N) is 1. The molecular formula is C16H25ClN2O. The Bertz CT molecular complexity index is 419. The van der Waals surface area contributed by atoms with Gasteiger partial charge >= 0.3 is 0 Å². The van der Waals surface area contributed by atoms with Crippen molar-refractivity contribution in [1.29, 1.82) is 0 Å². The first-order valence-electron chi connectivity index (χ1n) is 7.48. The van der Waals surface area contributed by atoms with Crippen molar-refractivity contribution in [3.63, 3.8) is 0 Å². The van der Waals surface area contributed by atoms with E-state index < -0.39 is 0 Å². The van der Waals surface area contributed by atoms with E-state index in [0.29, 0.717) is 11.1 Å². The third-order valence-electron chi connectivity index (χ3n) is 4.00. The molecule has 1 aromatic carbocycles. The molecule has 0 aromatic heterocycles. The summed E-state index contributed by atoms with van der Waals surface area (Å²) in [6, 6.07) is 6.55. The normalized spacial score (nSPS) is 17.9. The van der Waals surface area contributed by atoms with E-state index in [1.54, 1.807) is 7.11 Å². The van der Waals surface area contributed by atoms with Gasteiger partial charge in [0.15, 0.2) is 0 Å². The third kappa shape index (κ3) is 4.37. The van der Waals surface area contributed by atoms with Crippen molar-refractivity contribution in [3.8, 4) is 5.75 Å². The number of benzene rings is 1. The molecule has 0 saturated carbocycles. The summed E-state index contributed by atoms with van der Waals surface area (Å²) in [7, 11) is 1.64. The predicted octanol–water partition coefficient (Wildman–Crippen LogP) is 3.31. The predicted molar refractivity (Wildman–Crippen MR) is 84.6 cm³/mol. The van der Waals surface area contributed by atoms with Crippen LogP contribution in [-0.4, -0.2) is 37.7 Å². The number of methoxy groups -OCH3 is 1. The molecule has 1 fully saturated rings. The van der Waals surface area contributed by atoms with Crippen LogP contribution in [0.3, 0.4) is 0 Å². The van der Waals surface area contributed by atoms with Crippen molar-refractivity contribution in [1.82, 2.24) is 10.2 Å². The van der Waals surface area contributed by atoms with Crippen LogP contribution in [0.2, 0.25) is 5.02 Å². The van der Waals surface area contributed by atoms with Crippen molar-refractivity contribution in [2.45, 2.75) is 38.8 Å². The van der Waals surface area contributed by atoms with Gasteiger partial charge in [0.05, 0.1) is 12.1 Å². The van der Waals surface area contributed by atoms with Crippen LogP contribution in [0.15, 0.2) is 18.2 Å². The maximum atomic E-state index is 6.13. The molecular weight excluding hydrogens is 272 g/mol. The number of nitrogens with one attached hydrogen (secondary N) is 1. The Morgan fingerprint density at radius 2 is 2.05 bits per heavy atom. The lowest BCUT2D eigenvalue weighted by Crippen LogP contribution is -2.42. The van der Waals surface area contributed by atoms with Crippen LogP contribution in [0, 0.1) is 0 Å². The summed E-state index contributed by atoms with van der Waals surface area (Å²) in [5.41, 5.74) is 1.20. The molecule has 1 unspecified atom stereocenters. The summed E-state index contributed by atoms with van der Waals surface area (Å²) in [6.07, 6.45) is 4.08. The van der Waals surface area contributed by atoms with E-state index in [4.69, 9.17) is 16.3 Å². The van der Waals surface area contributed by atoms with Gasteiger partial charge < -0.3 is 10.1 Å². The molecule has 1 N–H and O–H groups in total. The lowest BCUT2D eigenvalue weighted by molar-refractivity contribution is 0.170. The first-order chi connectivity index (χ1) is 9.70. The lowest BCUT2D eigenvalue weighted by atomic mass is 10.1. The number of likely N-dealkylation sites (tertiary alicyclic amines) is 1. The van der Waals surface area contributed by atoms with Crippen LogP contribution in [0.5, 0.6) is 5.75 Å². The van der Waals surface area contributed by atoms with Gasteiger partial charge in [-0.2, -0.15) is 0 Å². The molecule has 1 saturated heterocycles. The Labute approximate surface area is 127 Å². The summed E-state index contributed by atoms with van der Waals surface area (Å²) < 4.78 is 5.16. The Balaban J connectivity index is 1.76. The maximum absolute atomic E-state index is 6.13. The van der Waals surface area contributed by atoms with Crippen molar-refractivity contribution in [3.05, 3.63) is 28.8 Å². The zero-order valence-corrected chi connectivity index (χ0v) is 13.2. The van der Waals surface area contributed by atoms with E-state index in [-0.39, 0.29) is 0 Å². The Morgan fingerprint density at radius 3 is 2.70 bits per heavy atom. The minimum Gasteiger partial charge on any atom is -0.495 e. The highest BCUT2D eigenvalue weighted by Crippen LogP contribution is 2.24. The Hall–Kier alpha value is -0.770. The SMILES string of the molecule is COc1ccc(CNCC(C)N2CCCCC2)cc1Cl. The monoisotopic (exact) mass is 296 g/mol. The second kappa shape index (κ2) is 7.87. The van der Waals surface area contributed by atoms with Crippen molar-refractivity contribution >= 4 is 11.6 Å². The highest BCUT2D eigenvalue weighted by atomic mass is 35.5. The van der Waals surface area contributed by atoms with Gasteiger partial charge in [-0.15, -0.1) is 0 Å². The van der Waals surface area contributed by atoms with Gasteiger partial charge in [-0.25, -0.2) is 0 Å². The van der Waals surface area contributed by atoms with Gasteiger partial charge in [0.2, 0.25) is 0 Å². The first kappa shape index (κ1) is 15.6. The number of rotatable bonds is 6. The van der Waals surface area contributed by atoms with Crippen LogP contribution in [0.4, 0.5) is 0 Å². The maximum Gasteiger partial charge on any atom is 0.137 e. The smallest absolute Gasteiger partial charge is 0.137 e. The summed E-state index contributed by atoms with van der Waals surface area (Å²) in [5.74, 6) is 0.733. The Morgan fingerprint density at radius 1 is 1.30 bits per heavy atom. The molecule has 1 atom stereocenters. The van der Waals surface area contributed by atoms with E-state index in [9.17, 15) is 0 Å². The van der Waals surface area contributed by atoms with Gasteiger partial charge in [-0.3, -0.25) is 4.90 Å². The largest absolute Gasteiger partial charge is 0.495 e. The van der Waals surface area contributed by atoms with Crippen LogP contribution in [-0.2, 0) is 6.54 Å². The molecule has 0 radical (unpaired) electrons. The van der Waals surface area contributed by atoms with Gasteiger partial charge in [0.1, 0.15) is 5.75 Å². The standard InChI is InChI=1S/C16H25ClN2O/c1-13(19-8-4-3-5-9-19)11-18-12-14-6-7-16(20-2)15(17)10-14/h6-7,10,13,18H,3-5,8-9,11-12H2,1-2H3. The quantitative estimate of drug-likeness (QED) is 0.871. The number of hydrogen-bond donors (Lipinski definition) is 1. The van der Waals surface area contributed by atoms with Crippen LogP contribution in [0.25, 0.3) is 0 Å². The summed E-state index contributed by atoms with van der Waals surface area (Å²) in [4.78, 5) is 2.58. The third-order valence-corrected chi connectivity index (χ3v) is 4.29. The minimum absolute atomic E-state index is 0.601. The van der Waals surface area contributed by atoms with E-state index >= 15 is 0 Å². The molecule has 1 heterocycles. The second-order valence-corrected chi connectivity index (χ2v) is 5.95. The van der Waals surface area contributed by atoms with Gasteiger partial charge in [-0.1, -0.05) is 24.1 Å². The summed E-state index contributed by atoms with van der Waals surface area (Å²) >= 11 is 6.13. The van der Waals surface area contributed by atoms with Crippen molar-refractivity contribution < 1.29 is 4.74 Å². The average Bonchev–Trinajstić information content (AvgIpc) is 2.48. The second-order valence-electron chi connectivity index (χ2n) is 5.55. The van der Waals surface area contributed by atoms with Crippen LogP contribution < -0.4 is 10.1 Å². The highest BCUT2D eigenvalue weighted by Gasteiger charge is 2.15. The molecule has 0 aliphatic carbocycles. The van der Waals surface area contributed by atoms with Gasteiger partial charge in [0.25, 0.3) is 0 Å². The highest BCUT2D eigenvalue weighted by molar-refractivity contribution is 6.32. The molecule has 1 aromatic rings. The van der Waals surface area contributed by atoms with Gasteiger partial charge in [-0.05, 0) is 50.6 Å². The fourth-order valence-electron chi connectivity index (χ4n) is 2.73. The topological polar surface area (TPSA) is 24.5 Å². The zero-order valence-electron chi connectivity index (χ0n) is 12.5. The Kier molecular flexibility index (Phi) is 6.14. The molecule has 1 aliphatic heterocycles. The van der Waals surface area contributed by atoms with Crippen LogP contribution >= 0.6 is 11.6 Å². The fraction of sp³-hybridized carbons (Fsp3) is 0.625. The molecule has 20 heavy (non-hydrogen) atoms. The lowest BCUT2D eigenvalue weighted by Gasteiger charge is -2.32. The molecule has 4 heteroatoms. The van der Waals surface area contributed by atoms with E-state index in [1.165, 1.54) is 37.9 Å². The van der Waals surface area contributed by atoms with Gasteiger partial charge in [0, 0.05) is 19.1 Å². The molecule has 3 nitrogen and oxygen atoms in total. The molecule has 1 aliphatic rings. The molecule has 0 amide bonds. The summed E-state index contributed by atoms with van der Waals surface area (Å²) in [5, 5.41) is 4.20. The first-order valence-corrected chi connectivity index (χ1v) is 7.85. The molecule has 0 bridgehead atoms. The minimum atomic E-state index is 0.601. The average molecular weight is 297 g/mol. The fourth-order valence-corrected chi connectivity index (χ4v) is 3.01. The van der Waals surface area contributed by atoms with E-state index in [0.717, 1.165) is 18.8 Å². The molecule has 0 spiro atoms. The van der Waals surface area contributed by atoms with E-state index in [2.05, 4.69) is 23.2 Å². The summed E-state index contributed by atoms with van der Waals surface area (Å²) in [6.45, 7) is 6.67. The molecule has 112 valence electrons. The van der Waals surface area contributed by atoms with E-state index in [1.807, 2.05) is 12.1 Å². The number of piperidine rings is 1. The van der Waals surface area contributed by atoms with Crippen molar-refractivity contribution in [2.24, 2.45) is 0 Å². The molecule has 2 rings (SSSR count). The van der Waals surface area contributed by atoms with Crippen LogP contribution in [0.1, 0.15) is 31.7 Å². The number of ether oxygens (including phenoxy) is 1. The zero-order chi connectivity index (χ0) is 14.4. The number of hydrogen-bond acceptors (Lipinski definition) is 3. The number of halogens is 1. The van der Waals surface area contributed by atoms with Crippen molar-refractivity contribution in [2.75, 3.05) is 26.7 Å².